The van der Waals surface area contributed by atoms with Gasteiger partial charge in [-0.05, 0) is 73.5 Å². The Bertz CT molecular complexity index is 1760. The molecular formula is C31H28NO8+. The first-order valence-corrected chi connectivity index (χ1v) is 12.4. The molecule has 0 fully saturated rings. The Morgan fingerprint density at radius 2 is 1.43 bits per heavy atom. The second-order valence-corrected chi connectivity index (χ2v) is 9.52. The molecule has 0 spiro atoms. The minimum atomic E-state index is -0.507. The highest BCUT2D eigenvalue weighted by molar-refractivity contribution is 6.04. The summed E-state index contributed by atoms with van der Waals surface area (Å²) in [6.45, 7) is 3.83. The third-order valence-corrected chi connectivity index (χ3v) is 6.50. The van der Waals surface area contributed by atoms with E-state index in [2.05, 4.69) is 9.68 Å². The van der Waals surface area contributed by atoms with Gasteiger partial charge in [-0.25, -0.2) is 9.59 Å². The predicted molar refractivity (Wildman–Crippen MR) is 150 cm³/mol. The van der Waals surface area contributed by atoms with Crippen molar-refractivity contribution in [1.29, 1.82) is 0 Å². The molecule has 0 unspecified atom stereocenters. The largest absolute Gasteiger partial charge is 0.564 e. The molecule has 0 aliphatic rings. The van der Waals surface area contributed by atoms with Gasteiger partial charge in [0.1, 0.15) is 22.8 Å². The van der Waals surface area contributed by atoms with Crippen molar-refractivity contribution < 1.29 is 37.1 Å². The van der Waals surface area contributed by atoms with Gasteiger partial charge >= 0.3 is 23.6 Å². The lowest BCUT2D eigenvalue weighted by Crippen LogP contribution is -2.22. The number of aryl methyl sites for hydroxylation is 2. The van der Waals surface area contributed by atoms with Crippen LogP contribution in [0.15, 0.2) is 69.7 Å². The van der Waals surface area contributed by atoms with Gasteiger partial charge < -0.3 is 28.0 Å². The Kier molecular flexibility index (Phi) is 7.04. The summed E-state index contributed by atoms with van der Waals surface area (Å²) in [6, 6.07) is 15.7. The predicted octanol–water partition coefficient (Wildman–Crippen LogP) is 6.57. The van der Waals surface area contributed by atoms with E-state index in [-0.39, 0.29) is 12.5 Å². The van der Waals surface area contributed by atoms with Crippen LogP contribution in [0.25, 0.3) is 33.3 Å². The molecule has 5 aromatic rings. The maximum absolute atomic E-state index is 13.1. The quantitative estimate of drug-likeness (QED) is 0.183. The summed E-state index contributed by atoms with van der Waals surface area (Å²) >= 11 is 0. The van der Waals surface area contributed by atoms with Gasteiger partial charge in [0.25, 0.3) is 6.61 Å². The van der Waals surface area contributed by atoms with E-state index in [0.717, 1.165) is 11.1 Å². The molecule has 0 aliphatic heterocycles. The van der Waals surface area contributed by atoms with Crippen molar-refractivity contribution in [3.8, 4) is 17.1 Å². The van der Waals surface area contributed by atoms with Crippen molar-refractivity contribution in [2.45, 2.75) is 13.8 Å². The molecule has 0 atom stereocenters. The highest BCUT2D eigenvalue weighted by atomic mass is 16.7. The van der Waals surface area contributed by atoms with E-state index in [4.69, 9.17) is 18.3 Å². The molecule has 0 bridgehead atoms. The number of carbonyl (C=O) groups is 3. The van der Waals surface area contributed by atoms with Crippen molar-refractivity contribution in [2.24, 2.45) is 0 Å². The molecule has 3 aromatic carbocycles. The molecule has 0 saturated heterocycles. The standard InChI is InChI=1S/C31H27NO8/c1-17-10-18(2)12-21(11-17)32-27(33)16-40(5)29-23-14-20(31(35)37-4)7-9-26(23)39-28(29)24-15-38-25-8-6-19(13-22(24)25)30(34)36-3/h6-15H,16H2,1-5H3/p+1. The lowest BCUT2D eigenvalue weighted by atomic mass is 10.1. The summed E-state index contributed by atoms with van der Waals surface area (Å²) in [5, 5.41) is 4.13. The molecule has 0 aliphatic carbocycles. The van der Waals surface area contributed by atoms with Crippen LogP contribution in [-0.4, -0.2) is 45.8 Å². The van der Waals surface area contributed by atoms with Gasteiger partial charge in [0.15, 0.2) is 7.11 Å². The summed E-state index contributed by atoms with van der Waals surface area (Å²) in [7, 11) is 4.30. The van der Waals surface area contributed by atoms with Crippen LogP contribution in [0, 0.1) is 13.8 Å². The Morgan fingerprint density at radius 1 is 0.825 bits per heavy atom. The van der Waals surface area contributed by atoms with Gasteiger partial charge in [0, 0.05) is 11.1 Å². The fourth-order valence-electron chi connectivity index (χ4n) is 4.81. The zero-order chi connectivity index (χ0) is 28.6. The van der Waals surface area contributed by atoms with Gasteiger partial charge in [-0.1, -0.05) is 6.07 Å². The smallest absolute Gasteiger partial charge is 0.337 e. The Morgan fingerprint density at radius 3 is 2.05 bits per heavy atom. The van der Waals surface area contributed by atoms with Crippen molar-refractivity contribution in [3.05, 3.63) is 83.1 Å². The number of hydrogen-bond donors (Lipinski definition) is 1. The average molecular weight is 543 g/mol. The van der Waals surface area contributed by atoms with E-state index < -0.39 is 11.9 Å². The van der Waals surface area contributed by atoms with Crippen molar-refractivity contribution in [2.75, 3.05) is 33.3 Å². The van der Waals surface area contributed by atoms with Crippen LogP contribution in [-0.2, 0) is 18.6 Å². The SMILES string of the molecule is COC(=O)c1ccc2occ(-c3oc4ccc(C(=O)OC)cc4c3[O+](C)CC(=O)Nc3cc(C)cc(C)c3)c2c1. The monoisotopic (exact) mass is 542 g/mol. The van der Waals surface area contributed by atoms with Gasteiger partial charge in [-0.15, -0.1) is 0 Å². The minimum absolute atomic E-state index is 0.0970. The fraction of sp³-hybridized carbons (Fsp3) is 0.194. The van der Waals surface area contributed by atoms with Crippen molar-refractivity contribution >= 4 is 45.5 Å². The number of amides is 1. The number of esters is 2. The molecule has 1 amide bonds. The third kappa shape index (κ3) is 5.01. The van der Waals surface area contributed by atoms with E-state index in [1.807, 2.05) is 32.0 Å². The number of ether oxygens (including phenoxy) is 2. The van der Waals surface area contributed by atoms with E-state index in [0.29, 0.717) is 55.8 Å². The van der Waals surface area contributed by atoms with Crippen LogP contribution >= 0.6 is 0 Å². The number of carbonyl (C=O) groups excluding carboxylic acids is 3. The molecule has 0 saturated carbocycles. The van der Waals surface area contributed by atoms with Crippen LogP contribution < -0.4 is 5.32 Å². The van der Waals surface area contributed by atoms with E-state index in [9.17, 15) is 14.4 Å². The van der Waals surface area contributed by atoms with E-state index in [1.165, 1.54) is 20.5 Å². The minimum Gasteiger partial charge on any atom is -0.564 e. The Labute approximate surface area is 229 Å². The second kappa shape index (κ2) is 10.6. The lowest BCUT2D eigenvalue weighted by Gasteiger charge is -2.19. The normalized spacial score (nSPS) is 11.0. The molecule has 40 heavy (non-hydrogen) atoms. The van der Waals surface area contributed by atoms with Crippen LogP contribution in [0.1, 0.15) is 31.8 Å². The van der Waals surface area contributed by atoms with Crippen LogP contribution in [0.2, 0.25) is 0 Å². The topological polar surface area (TPSA) is 111 Å². The molecule has 9 heteroatoms. The third-order valence-electron chi connectivity index (χ3n) is 6.50. The van der Waals surface area contributed by atoms with Gasteiger partial charge in [0.2, 0.25) is 5.76 Å². The number of benzene rings is 3. The molecule has 2 aromatic heterocycles. The molecule has 9 nitrogen and oxygen atoms in total. The number of hydrogen-bond acceptors (Lipinski definition) is 7. The van der Waals surface area contributed by atoms with Crippen molar-refractivity contribution in [3.63, 3.8) is 0 Å². The zero-order valence-corrected chi connectivity index (χ0v) is 22.7. The summed E-state index contributed by atoms with van der Waals surface area (Å²) in [5.74, 6) is -0.401. The summed E-state index contributed by atoms with van der Waals surface area (Å²) < 4.78 is 24.6. The van der Waals surface area contributed by atoms with Crippen molar-refractivity contribution in [1.82, 2.24) is 0 Å². The summed E-state index contributed by atoms with van der Waals surface area (Å²) in [5.41, 5.74) is 4.99. The molecule has 1 N–H and O–H groups in total. The Hall–Kier alpha value is -5.05. The van der Waals surface area contributed by atoms with E-state index >= 15 is 0 Å². The Balaban J connectivity index is 1.61. The van der Waals surface area contributed by atoms with E-state index in [1.54, 1.807) is 43.5 Å². The highest BCUT2D eigenvalue weighted by Gasteiger charge is 2.30. The second-order valence-electron chi connectivity index (χ2n) is 9.52. The molecule has 0 radical (unpaired) electrons. The molecule has 5 rings (SSSR count). The maximum atomic E-state index is 13.1. The van der Waals surface area contributed by atoms with Gasteiger partial charge in [0.05, 0.1) is 30.9 Å². The summed E-state index contributed by atoms with van der Waals surface area (Å²) in [4.78, 5) is 37.6. The van der Waals surface area contributed by atoms with Gasteiger partial charge in [-0.2, -0.15) is 0 Å². The molecular weight excluding hydrogens is 514 g/mol. The first-order valence-electron chi connectivity index (χ1n) is 12.4. The van der Waals surface area contributed by atoms with Crippen LogP contribution in [0.4, 0.5) is 5.69 Å². The molecule has 2 heterocycles. The first kappa shape index (κ1) is 26.6. The fourth-order valence-corrected chi connectivity index (χ4v) is 4.81. The number of anilines is 1. The van der Waals surface area contributed by atoms with Crippen LogP contribution in [0.3, 0.4) is 0 Å². The first-order chi connectivity index (χ1) is 19.2. The summed E-state index contributed by atoms with van der Waals surface area (Å²) in [6.07, 6.45) is 1.53. The maximum Gasteiger partial charge on any atom is 0.337 e. The number of rotatable bonds is 7. The average Bonchev–Trinajstić information content (AvgIpc) is 3.51. The highest BCUT2D eigenvalue weighted by Crippen LogP contribution is 2.47. The number of nitrogens with one attached hydrogen (secondary N) is 1. The number of methoxy groups -OCH3 is 2. The molecule has 204 valence electrons. The van der Waals surface area contributed by atoms with Crippen LogP contribution in [0.5, 0.6) is 5.75 Å². The zero-order valence-electron chi connectivity index (χ0n) is 22.7. The lowest BCUT2D eigenvalue weighted by molar-refractivity contribution is -0.127. The number of furan rings is 2. The number of fused-ring (bicyclic) bond motifs is 2. The van der Waals surface area contributed by atoms with Gasteiger partial charge in [-0.3, -0.25) is 4.79 Å².